The van der Waals surface area contributed by atoms with Crippen LogP contribution >= 0.6 is 0 Å². The maximum Gasteiger partial charge on any atom is 0.268 e. The fourth-order valence-electron chi connectivity index (χ4n) is 4.12. The summed E-state index contributed by atoms with van der Waals surface area (Å²) >= 11 is 0. The first kappa shape index (κ1) is 22.6. The average molecular weight is 425 g/mol. The molecular formula is C24H32N4O3. The minimum absolute atomic E-state index is 0.0341. The van der Waals surface area contributed by atoms with Crippen molar-refractivity contribution in [3.8, 4) is 5.75 Å². The van der Waals surface area contributed by atoms with Crippen LogP contribution in [-0.2, 0) is 13.0 Å². The standard InChI is InChI=1S/C24H32N4O3/c1-7-8-17-9-16(5)26-23(29)20(17)13-28(25)24(30)19-10-18(31-6)11-21-22(19)15(4)12-27(21)14(2)3/h9-12,14H,7-8,13,25H2,1-6H3,(H,26,29). The molecule has 7 nitrogen and oxygen atoms in total. The number of carbonyl (C=O) groups is 1. The molecule has 0 unspecified atom stereocenters. The van der Waals surface area contributed by atoms with Crippen LogP contribution in [0.5, 0.6) is 5.75 Å². The van der Waals surface area contributed by atoms with Gasteiger partial charge in [-0.05, 0) is 57.4 Å². The fourth-order valence-corrected chi connectivity index (χ4v) is 4.12. The second-order valence-electron chi connectivity index (χ2n) is 8.35. The quantitative estimate of drug-likeness (QED) is 0.340. The molecule has 0 aliphatic carbocycles. The first-order valence-corrected chi connectivity index (χ1v) is 10.6. The van der Waals surface area contributed by atoms with Crippen LogP contribution in [0.1, 0.15) is 66.0 Å². The van der Waals surface area contributed by atoms with Gasteiger partial charge in [-0.1, -0.05) is 13.3 Å². The Hall–Kier alpha value is -3.06. The molecular weight excluding hydrogens is 392 g/mol. The molecule has 166 valence electrons. The van der Waals surface area contributed by atoms with Crippen molar-refractivity contribution in [2.75, 3.05) is 7.11 Å². The molecule has 3 aromatic rings. The number of hydrogen-bond donors (Lipinski definition) is 2. The maximum atomic E-state index is 13.4. The molecule has 1 amide bonds. The molecule has 31 heavy (non-hydrogen) atoms. The van der Waals surface area contributed by atoms with Gasteiger partial charge in [0.25, 0.3) is 11.5 Å². The highest BCUT2D eigenvalue weighted by molar-refractivity contribution is 6.08. The highest BCUT2D eigenvalue weighted by atomic mass is 16.5. The van der Waals surface area contributed by atoms with Crippen molar-refractivity contribution in [2.45, 2.75) is 60.0 Å². The van der Waals surface area contributed by atoms with Crippen molar-refractivity contribution in [3.63, 3.8) is 0 Å². The molecule has 2 heterocycles. The number of aromatic nitrogens is 2. The first-order chi connectivity index (χ1) is 14.7. The third-order valence-electron chi connectivity index (χ3n) is 5.59. The lowest BCUT2D eigenvalue weighted by Gasteiger charge is -2.20. The molecule has 0 radical (unpaired) electrons. The predicted octanol–water partition coefficient (Wildman–Crippen LogP) is 4.00. The molecule has 0 bridgehead atoms. The zero-order valence-corrected chi connectivity index (χ0v) is 19.2. The molecule has 3 rings (SSSR count). The second-order valence-corrected chi connectivity index (χ2v) is 8.35. The monoisotopic (exact) mass is 424 g/mol. The lowest BCUT2D eigenvalue weighted by atomic mass is 10.0. The Morgan fingerprint density at radius 1 is 1.26 bits per heavy atom. The van der Waals surface area contributed by atoms with Crippen molar-refractivity contribution in [1.82, 2.24) is 14.6 Å². The largest absolute Gasteiger partial charge is 0.497 e. The number of nitrogens with zero attached hydrogens (tertiary/aromatic N) is 2. The number of aryl methyl sites for hydroxylation is 3. The summed E-state index contributed by atoms with van der Waals surface area (Å²) in [5.41, 5.74) is 4.42. The van der Waals surface area contributed by atoms with Crippen molar-refractivity contribution < 1.29 is 9.53 Å². The van der Waals surface area contributed by atoms with Gasteiger partial charge in [-0.3, -0.25) is 14.6 Å². The summed E-state index contributed by atoms with van der Waals surface area (Å²) < 4.78 is 7.58. The molecule has 0 atom stereocenters. The zero-order valence-electron chi connectivity index (χ0n) is 19.2. The van der Waals surface area contributed by atoms with E-state index < -0.39 is 0 Å². The van der Waals surface area contributed by atoms with E-state index in [1.807, 2.05) is 32.2 Å². The number of rotatable bonds is 7. The third kappa shape index (κ3) is 4.37. The first-order valence-electron chi connectivity index (χ1n) is 10.6. The van der Waals surface area contributed by atoms with E-state index in [1.165, 1.54) is 0 Å². The van der Waals surface area contributed by atoms with Gasteiger partial charge in [-0.15, -0.1) is 0 Å². The Morgan fingerprint density at radius 2 is 1.97 bits per heavy atom. The van der Waals surface area contributed by atoms with Gasteiger partial charge < -0.3 is 14.3 Å². The van der Waals surface area contributed by atoms with Gasteiger partial charge >= 0.3 is 0 Å². The summed E-state index contributed by atoms with van der Waals surface area (Å²) in [6.45, 7) is 10.1. The summed E-state index contributed by atoms with van der Waals surface area (Å²) in [6, 6.07) is 5.83. The highest BCUT2D eigenvalue weighted by Crippen LogP contribution is 2.32. The van der Waals surface area contributed by atoms with Crippen molar-refractivity contribution in [2.24, 2.45) is 5.84 Å². The van der Waals surface area contributed by atoms with Crippen LogP contribution in [0.3, 0.4) is 0 Å². The number of nitrogens with one attached hydrogen (secondary N) is 1. The molecule has 0 saturated carbocycles. The minimum Gasteiger partial charge on any atom is -0.497 e. The number of H-pyrrole nitrogens is 1. The Bertz CT molecular complexity index is 1170. The number of hydrogen-bond acceptors (Lipinski definition) is 4. The number of pyridine rings is 1. The molecule has 0 aliphatic heterocycles. The van der Waals surface area contributed by atoms with Gasteiger partial charge in [-0.25, -0.2) is 5.84 Å². The van der Waals surface area contributed by atoms with Crippen LogP contribution in [0.25, 0.3) is 10.9 Å². The molecule has 3 N–H and O–H groups in total. The molecule has 0 saturated heterocycles. The van der Waals surface area contributed by atoms with E-state index in [2.05, 4.69) is 30.3 Å². The number of benzene rings is 1. The van der Waals surface area contributed by atoms with E-state index in [0.29, 0.717) is 16.9 Å². The molecule has 7 heteroatoms. The van der Waals surface area contributed by atoms with Crippen LogP contribution < -0.4 is 16.1 Å². The Balaban J connectivity index is 2.07. The molecule has 0 fully saturated rings. The van der Waals surface area contributed by atoms with Crippen LogP contribution in [0.4, 0.5) is 0 Å². The Kier molecular flexibility index (Phi) is 6.55. The maximum absolute atomic E-state index is 13.4. The highest BCUT2D eigenvalue weighted by Gasteiger charge is 2.23. The lowest BCUT2D eigenvalue weighted by molar-refractivity contribution is 0.0743. The van der Waals surface area contributed by atoms with Crippen LogP contribution in [-0.4, -0.2) is 27.6 Å². The van der Waals surface area contributed by atoms with E-state index in [9.17, 15) is 9.59 Å². The summed E-state index contributed by atoms with van der Waals surface area (Å²) in [5.74, 6) is 6.47. The number of nitrogens with two attached hydrogens (primary N) is 1. The van der Waals surface area contributed by atoms with Crippen molar-refractivity contribution in [1.29, 1.82) is 0 Å². The van der Waals surface area contributed by atoms with E-state index >= 15 is 0 Å². The minimum atomic E-state index is -0.351. The van der Waals surface area contributed by atoms with Crippen LogP contribution in [0.2, 0.25) is 0 Å². The van der Waals surface area contributed by atoms with Crippen molar-refractivity contribution >= 4 is 16.8 Å². The number of fused-ring (bicyclic) bond motifs is 1. The fraction of sp³-hybridized carbons (Fsp3) is 0.417. The SMILES string of the molecule is CCCc1cc(C)[nH]c(=O)c1CN(N)C(=O)c1cc(OC)cc2c1c(C)cn2C(C)C. The van der Waals surface area contributed by atoms with Gasteiger partial charge in [0.1, 0.15) is 5.75 Å². The Morgan fingerprint density at radius 3 is 2.58 bits per heavy atom. The van der Waals surface area contributed by atoms with E-state index in [1.54, 1.807) is 13.2 Å². The summed E-state index contributed by atoms with van der Waals surface area (Å²) in [7, 11) is 1.58. The van der Waals surface area contributed by atoms with Gasteiger partial charge in [-0.2, -0.15) is 0 Å². The van der Waals surface area contributed by atoms with Gasteiger partial charge in [0.05, 0.1) is 24.7 Å². The third-order valence-corrected chi connectivity index (χ3v) is 5.59. The number of amides is 1. The molecule has 2 aromatic heterocycles. The number of carbonyl (C=O) groups excluding carboxylic acids is 1. The number of hydrazine groups is 1. The van der Waals surface area contributed by atoms with Gasteiger partial charge in [0, 0.05) is 34.9 Å². The number of aromatic amines is 1. The van der Waals surface area contributed by atoms with Crippen LogP contribution in [0.15, 0.2) is 29.2 Å². The summed E-state index contributed by atoms with van der Waals surface area (Å²) in [6.07, 6.45) is 3.69. The molecule has 1 aromatic carbocycles. The van der Waals surface area contributed by atoms with E-state index in [-0.39, 0.29) is 24.1 Å². The van der Waals surface area contributed by atoms with Gasteiger partial charge in [0.15, 0.2) is 0 Å². The number of ether oxygens (including phenoxy) is 1. The van der Waals surface area contributed by atoms with Crippen LogP contribution in [0, 0.1) is 13.8 Å². The van der Waals surface area contributed by atoms with Crippen molar-refractivity contribution in [3.05, 3.63) is 62.7 Å². The zero-order chi connectivity index (χ0) is 22.9. The normalized spacial score (nSPS) is 11.4. The molecule has 0 spiro atoms. The lowest BCUT2D eigenvalue weighted by Crippen LogP contribution is -2.39. The Labute approximate surface area is 182 Å². The topological polar surface area (TPSA) is 93.3 Å². The number of methoxy groups -OCH3 is 1. The van der Waals surface area contributed by atoms with Gasteiger partial charge in [0.2, 0.25) is 0 Å². The molecule has 0 aliphatic rings. The summed E-state index contributed by atoms with van der Waals surface area (Å²) in [5, 5.41) is 1.97. The summed E-state index contributed by atoms with van der Waals surface area (Å²) in [4.78, 5) is 28.9. The average Bonchev–Trinajstić information content (AvgIpc) is 3.06. The predicted molar refractivity (Wildman–Crippen MR) is 123 cm³/mol. The van der Waals surface area contributed by atoms with E-state index in [4.69, 9.17) is 10.6 Å². The van der Waals surface area contributed by atoms with E-state index in [0.717, 1.165) is 45.6 Å². The smallest absolute Gasteiger partial charge is 0.268 e. The second kappa shape index (κ2) is 8.98.